The Morgan fingerprint density at radius 1 is 1.39 bits per heavy atom. The fourth-order valence-corrected chi connectivity index (χ4v) is 1.60. The molecule has 0 aromatic heterocycles. The first-order valence-corrected chi connectivity index (χ1v) is 6.01. The number of nitrogens with two attached hydrogens (primary N) is 1. The quantitative estimate of drug-likeness (QED) is 0.800. The Labute approximate surface area is 108 Å². The SMILES string of the molecule is CC(C)[C@H](N)C(=O)N(CC#N)Cc1ccccc1. The van der Waals surface area contributed by atoms with E-state index in [0.29, 0.717) is 6.54 Å². The standard InChI is InChI=1S/C14H19N3O/c1-11(2)13(16)14(18)17(9-8-15)10-12-6-4-3-5-7-12/h3-7,11,13H,9-10,16H2,1-2H3/t13-/m0/s1. The Morgan fingerprint density at radius 3 is 2.50 bits per heavy atom. The molecule has 18 heavy (non-hydrogen) atoms. The largest absolute Gasteiger partial charge is 0.324 e. The molecule has 0 saturated carbocycles. The smallest absolute Gasteiger partial charge is 0.240 e. The van der Waals surface area contributed by atoms with E-state index in [1.807, 2.05) is 50.2 Å². The molecule has 0 unspecified atom stereocenters. The average Bonchev–Trinajstić information content (AvgIpc) is 2.37. The van der Waals surface area contributed by atoms with Crippen LogP contribution in [0, 0.1) is 17.2 Å². The van der Waals surface area contributed by atoms with Crippen molar-refractivity contribution in [3.05, 3.63) is 35.9 Å². The van der Waals surface area contributed by atoms with Gasteiger partial charge in [-0.05, 0) is 11.5 Å². The van der Waals surface area contributed by atoms with Gasteiger partial charge in [0.05, 0.1) is 12.1 Å². The van der Waals surface area contributed by atoms with Crippen molar-refractivity contribution in [3.8, 4) is 6.07 Å². The second kappa shape index (κ2) is 6.77. The zero-order valence-electron chi connectivity index (χ0n) is 10.8. The highest BCUT2D eigenvalue weighted by Crippen LogP contribution is 2.08. The molecule has 4 nitrogen and oxygen atoms in total. The summed E-state index contributed by atoms with van der Waals surface area (Å²) in [6.07, 6.45) is 0. The van der Waals surface area contributed by atoms with Crippen molar-refractivity contribution in [3.63, 3.8) is 0 Å². The Balaban J connectivity index is 2.77. The van der Waals surface area contributed by atoms with E-state index in [9.17, 15) is 4.79 Å². The van der Waals surface area contributed by atoms with Crippen LogP contribution in [0.4, 0.5) is 0 Å². The lowest BCUT2D eigenvalue weighted by atomic mass is 10.0. The van der Waals surface area contributed by atoms with Crippen molar-refractivity contribution < 1.29 is 4.79 Å². The first kappa shape index (κ1) is 14.2. The summed E-state index contributed by atoms with van der Waals surface area (Å²) in [5.74, 6) is -0.107. The maximum Gasteiger partial charge on any atom is 0.240 e. The molecule has 0 heterocycles. The van der Waals surface area contributed by atoms with Crippen molar-refractivity contribution in [1.82, 2.24) is 4.90 Å². The van der Waals surface area contributed by atoms with Gasteiger partial charge in [-0.2, -0.15) is 5.26 Å². The molecule has 0 aliphatic heterocycles. The van der Waals surface area contributed by atoms with Crippen molar-refractivity contribution in [1.29, 1.82) is 5.26 Å². The van der Waals surface area contributed by atoms with Gasteiger partial charge in [0.1, 0.15) is 6.54 Å². The van der Waals surface area contributed by atoms with Crippen LogP contribution in [0.2, 0.25) is 0 Å². The lowest BCUT2D eigenvalue weighted by molar-refractivity contribution is -0.133. The molecule has 0 radical (unpaired) electrons. The fourth-order valence-electron chi connectivity index (χ4n) is 1.60. The minimum Gasteiger partial charge on any atom is -0.324 e. The van der Waals surface area contributed by atoms with Gasteiger partial charge in [0.15, 0.2) is 0 Å². The molecule has 0 aliphatic carbocycles. The van der Waals surface area contributed by atoms with Crippen LogP contribution >= 0.6 is 0 Å². The number of hydrogen-bond acceptors (Lipinski definition) is 3. The van der Waals surface area contributed by atoms with Gasteiger partial charge in [0, 0.05) is 6.54 Å². The molecule has 0 saturated heterocycles. The number of amides is 1. The van der Waals surface area contributed by atoms with Crippen LogP contribution in [0.15, 0.2) is 30.3 Å². The van der Waals surface area contributed by atoms with Gasteiger partial charge >= 0.3 is 0 Å². The number of benzene rings is 1. The summed E-state index contributed by atoms with van der Waals surface area (Å²) in [5, 5.41) is 8.80. The van der Waals surface area contributed by atoms with E-state index >= 15 is 0 Å². The molecule has 1 rings (SSSR count). The van der Waals surface area contributed by atoms with Crippen LogP contribution in [-0.4, -0.2) is 23.4 Å². The number of carbonyl (C=O) groups excluding carboxylic acids is 1. The number of nitriles is 1. The monoisotopic (exact) mass is 245 g/mol. The fraction of sp³-hybridized carbons (Fsp3) is 0.429. The van der Waals surface area contributed by atoms with Gasteiger partial charge in [-0.3, -0.25) is 4.79 Å². The Morgan fingerprint density at radius 2 is 2.00 bits per heavy atom. The number of nitrogens with zero attached hydrogens (tertiary/aromatic N) is 2. The molecule has 4 heteroatoms. The lowest BCUT2D eigenvalue weighted by Gasteiger charge is -2.25. The highest BCUT2D eigenvalue weighted by Gasteiger charge is 2.23. The molecule has 0 aliphatic rings. The van der Waals surface area contributed by atoms with Crippen LogP contribution in [0.3, 0.4) is 0 Å². The molecule has 1 atom stereocenters. The first-order valence-electron chi connectivity index (χ1n) is 6.01. The highest BCUT2D eigenvalue weighted by molar-refractivity contribution is 5.82. The van der Waals surface area contributed by atoms with Crippen LogP contribution in [-0.2, 0) is 11.3 Å². The van der Waals surface area contributed by atoms with E-state index in [1.165, 1.54) is 4.90 Å². The van der Waals surface area contributed by atoms with Crippen LogP contribution < -0.4 is 5.73 Å². The highest BCUT2D eigenvalue weighted by atomic mass is 16.2. The van der Waals surface area contributed by atoms with Crippen molar-refractivity contribution in [2.75, 3.05) is 6.54 Å². The summed E-state index contributed by atoms with van der Waals surface area (Å²) in [7, 11) is 0. The van der Waals surface area contributed by atoms with E-state index < -0.39 is 6.04 Å². The van der Waals surface area contributed by atoms with Gasteiger partial charge in [0.25, 0.3) is 0 Å². The van der Waals surface area contributed by atoms with Crippen molar-refractivity contribution in [2.24, 2.45) is 11.7 Å². The van der Waals surface area contributed by atoms with E-state index in [0.717, 1.165) is 5.56 Å². The van der Waals surface area contributed by atoms with Gasteiger partial charge in [0.2, 0.25) is 5.91 Å². The molecular weight excluding hydrogens is 226 g/mol. The molecule has 1 aromatic carbocycles. The zero-order valence-corrected chi connectivity index (χ0v) is 10.8. The molecule has 1 aromatic rings. The molecule has 1 amide bonds. The number of carbonyl (C=O) groups is 1. The lowest BCUT2D eigenvalue weighted by Crippen LogP contribution is -2.46. The molecule has 96 valence electrons. The third kappa shape index (κ3) is 3.86. The summed E-state index contributed by atoms with van der Waals surface area (Å²) < 4.78 is 0. The summed E-state index contributed by atoms with van der Waals surface area (Å²) in [4.78, 5) is 13.6. The minimum atomic E-state index is -0.554. The van der Waals surface area contributed by atoms with Gasteiger partial charge in [-0.1, -0.05) is 44.2 Å². The maximum atomic E-state index is 12.1. The number of hydrogen-bond donors (Lipinski definition) is 1. The van der Waals surface area contributed by atoms with Gasteiger partial charge < -0.3 is 10.6 Å². The molecule has 2 N–H and O–H groups in total. The Hall–Kier alpha value is -1.86. The van der Waals surface area contributed by atoms with E-state index in [4.69, 9.17) is 11.0 Å². The predicted octanol–water partition coefficient (Wildman–Crippen LogP) is 1.52. The van der Waals surface area contributed by atoms with E-state index in [-0.39, 0.29) is 18.4 Å². The summed E-state index contributed by atoms with van der Waals surface area (Å²) in [6, 6.07) is 11.1. The van der Waals surface area contributed by atoms with Crippen LogP contribution in [0.1, 0.15) is 19.4 Å². The molecule has 0 fully saturated rings. The Bertz CT molecular complexity index is 422. The minimum absolute atomic E-state index is 0.0636. The van der Waals surface area contributed by atoms with E-state index in [1.54, 1.807) is 0 Å². The molecular formula is C14H19N3O. The third-order valence-electron chi connectivity index (χ3n) is 2.79. The first-order chi connectivity index (χ1) is 8.56. The topological polar surface area (TPSA) is 70.1 Å². The number of rotatable bonds is 5. The zero-order chi connectivity index (χ0) is 13.5. The van der Waals surface area contributed by atoms with Crippen LogP contribution in [0.5, 0.6) is 0 Å². The van der Waals surface area contributed by atoms with E-state index in [2.05, 4.69) is 0 Å². The van der Waals surface area contributed by atoms with Crippen LogP contribution in [0.25, 0.3) is 0 Å². The summed E-state index contributed by atoms with van der Waals surface area (Å²) >= 11 is 0. The van der Waals surface area contributed by atoms with Crippen molar-refractivity contribution in [2.45, 2.75) is 26.4 Å². The second-order valence-electron chi connectivity index (χ2n) is 4.61. The molecule has 0 spiro atoms. The third-order valence-corrected chi connectivity index (χ3v) is 2.79. The molecule has 0 bridgehead atoms. The summed E-state index contributed by atoms with van der Waals surface area (Å²) in [6.45, 7) is 4.28. The predicted molar refractivity (Wildman–Crippen MR) is 70.3 cm³/mol. The van der Waals surface area contributed by atoms with Crippen molar-refractivity contribution >= 4 is 5.91 Å². The normalized spacial score (nSPS) is 11.9. The van der Waals surface area contributed by atoms with Gasteiger partial charge in [-0.15, -0.1) is 0 Å². The Kier molecular flexibility index (Phi) is 5.34. The second-order valence-corrected chi connectivity index (χ2v) is 4.61. The summed E-state index contributed by atoms with van der Waals surface area (Å²) in [5.41, 5.74) is 6.84. The average molecular weight is 245 g/mol. The van der Waals surface area contributed by atoms with Gasteiger partial charge in [-0.25, -0.2) is 0 Å². The maximum absolute atomic E-state index is 12.1.